The molecular formula is C57H39N3O. The van der Waals surface area contributed by atoms with Crippen LogP contribution in [0.25, 0.3) is 111 Å². The first-order valence-electron chi connectivity index (χ1n) is 21.2. The van der Waals surface area contributed by atoms with E-state index < -0.39 is 0 Å². The molecule has 4 heteroatoms. The van der Waals surface area contributed by atoms with Gasteiger partial charge in [0.25, 0.3) is 0 Å². The zero-order valence-corrected chi connectivity index (χ0v) is 34.3. The van der Waals surface area contributed by atoms with E-state index in [0.29, 0.717) is 17.5 Å². The highest BCUT2D eigenvalue weighted by molar-refractivity contribution is 6.18. The lowest BCUT2D eigenvalue weighted by Crippen LogP contribution is -2.15. The number of nitrogens with zero attached hydrogens (tertiary/aromatic N) is 3. The van der Waals surface area contributed by atoms with Crippen LogP contribution in [0.4, 0.5) is 0 Å². The molecule has 0 saturated heterocycles. The Morgan fingerprint density at radius 1 is 0.377 bits per heavy atom. The van der Waals surface area contributed by atoms with Crippen LogP contribution in [-0.4, -0.2) is 15.0 Å². The summed E-state index contributed by atoms with van der Waals surface area (Å²) in [4.78, 5) is 16.3. The average molecular weight is 782 g/mol. The molecule has 9 aromatic carbocycles. The van der Waals surface area contributed by atoms with Gasteiger partial charge in [-0.05, 0) is 102 Å². The SMILES string of the molecule is CC1(C)c2ccccc2-c2cc3c(ccc4ccc(-c5nc(-c6cccc7ccccc67)nc(-c6cc7c(c8oc9ccccc9c68)-c6ccccc6C7(C)C)n5)cc43)cc21. The number of hydrogen-bond acceptors (Lipinski definition) is 4. The summed E-state index contributed by atoms with van der Waals surface area (Å²) < 4.78 is 6.88. The molecule has 288 valence electrons. The van der Waals surface area contributed by atoms with E-state index in [1.54, 1.807) is 0 Å². The number of benzene rings is 9. The number of aromatic nitrogens is 3. The Labute approximate surface area is 353 Å². The predicted octanol–water partition coefficient (Wildman–Crippen LogP) is 14.8. The number of furan rings is 1. The molecule has 0 N–H and O–H groups in total. The highest BCUT2D eigenvalue weighted by Crippen LogP contribution is 2.55. The van der Waals surface area contributed by atoms with Gasteiger partial charge in [0.1, 0.15) is 11.2 Å². The van der Waals surface area contributed by atoms with Gasteiger partial charge in [-0.15, -0.1) is 0 Å². The van der Waals surface area contributed by atoms with Gasteiger partial charge < -0.3 is 4.42 Å². The smallest absolute Gasteiger partial charge is 0.164 e. The Morgan fingerprint density at radius 3 is 1.82 bits per heavy atom. The first-order valence-corrected chi connectivity index (χ1v) is 21.2. The summed E-state index contributed by atoms with van der Waals surface area (Å²) >= 11 is 0. The Bertz CT molecular complexity index is 3710. The molecule has 0 fully saturated rings. The fourth-order valence-corrected chi connectivity index (χ4v) is 10.8. The third-order valence-electron chi connectivity index (χ3n) is 13.9. The standard InChI is InChI=1S/C57H39N3O/c1-56(2)45-21-10-7-17-37(45)43-30-42-34(29-47(43)56)26-24-33-25-27-35(28-41(33)42)53-58-54(38-20-13-15-32-14-5-6-16-36(32)38)60-55(59-53)44-31-48-51(39-18-8-11-22-46(39)57(48,3)4)52-50(44)40-19-9-12-23-49(40)61-52/h5-31H,1-4H3. The Morgan fingerprint density at radius 2 is 0.967 bits per heavy atom. The summed E-state index contributed by atoms with van der Waals surface area (Å²) in [7, 11) is 0. The number of hydrogen-bond donors (Lipinski definition) is 0. The van der Waals surface area contributed by atoms with E-state index >= 15 is 0 Å². The Hall–Kier alpha value is -7.43. The Balaban J connectivity index is 1.10. The molecule has 0 atom stereocenters. The molecule has 2 aliphatic rings. The summed E-state index contributed by atoms with van der Waals surface area (Å²) in [5.41, 5.74) is 14.5. The zero-order valence-electron chi connectivity index (χ0n) is 34.3. The van der Waals surface area contributed by atoms with Crippen LogP contribution >= 0.6 is 0 Å². The van der Waals surface area contributed by atoms with Crippen molar-refractivity contribution in [2.75, 3.05) is 0 Å². The molecule has 4 nitrogen and oxygen atoms in total. The molecule has 0 unspecified atom stereocenters. The molecule has 2 aliphatic carbocycles. The first kappa shape index (κ1) is 34.4. The molecule has 11 aromatic rings. The van der Waals surface area contributed by atoms with Gasteiger partial charge in [0.15, 0.2) is 17.5 Å². The van der Waals surface area contributed by atoms with Crippen molar-refractivity contribution >= 4 is 54.3 Å². The minimum atomic E-state index is -0.266. The molecule has 2 aromatic heterocycles. The summed E-state index contributed by atoms with van der Waals surface area (Å²) in [6.45, 7) is 9.31. The molecule has 0 bridgehead atoms. The molecule has 0 radical (unpaired) electrons. The molecule has 0 spiro atoms. The molecule has 0 aliphatic heterocycles. The van der Waals surface area contributed by atoms with Crippen LogP contribution in [0.5, 0.6) is 0 Å². The number of fused-ring (bicyclic) bond motifs is 14. The lowest BCUT2D eigenvalue weighted by molar-refractivity contribution is 0.653. The van der Waals surface area contributed by atoms with Crippen LogP contribution in [0.15, 0.2) is 168 Å². The van der Waals surface area contributed by atoms with Crippen molar-refractivity contribution in [3.63, 3.8) is 0 Å². The topological polar surface area (TPSA) is 51.8 Å². The fraction of sp³-hybridized carbons (Fsp3) is 0.105. The second kappa shape index (κ2) is 12.1. The maximum Gasteiger partial charge on any atom is 0.164 e. The second-order valence-corrected chi connectivity index (χ2v) is 17.9. The van der Waals surface area contributed by atoms with Gasteiger partial charge in [-0.25, -0.2) is 15.0 Å². The Kier molecular flexibility index (Phi) is 6.82. The average Bonchev–Trinajstić information content (AvgIpc) is 3.87. The molecule has 61 heavy (non-hydrogen) atoms. The van der Waals surface area contributed by atoms with E-state index in [1.807, 2.05) is 6.07 Å². The summed E-state index contributed by atoms with van der Waals surface area (Å²) in [5, 5.41) is 9.10. The van der Waals surface area contributed by atoms with Gasteiger partial charge in [0, 0.05) is 43.9 Å². The van der Waals surface area contributed by atoms with Crippen molar-refractivity contribution in [2.45, 2.75) is 38.5 Å². The first-order chi connectivity index (χ1) is 29.7. The van der Waals surface area contributed by atoms with Crippen LogP contribution in [-0.2, 0) is 10.8 Å². The van der Waals surface area contributed by atoms with Gasteiger partial charge in [0.05, 0.1) is 0 Å². The predicted molar refractivity (Wildman–Crippen MR) is 251 cm³/mol. The second-order valence-electron chi connectivity index (χ2n) is 17.9. The molecule has 2 heterocycles. The lowest BCUT2D eigenvalue weighted by atomic mass is 9.81. The molecule has 0 amide bonds. The van der Waals surface area contributed by atoms with Crippen molar-refractivity contribution in [1.29, 1.82) is 0 Å². The van der Waals surface area contributed by atoms with Crippen molar-refractivity contribution < 1.29 is 4.42 Å². The van der Waals surface area contributed by atoms with E-state index in [4.69, 9.17) is 19.4 Å². The highest BCUT2D eigenvalue weighted by Gasteiger charge is 2.39. The third-order valence-corrected chi connectivity index (χ3v) is 13.9. The third kappa shape index (κ3) is 4.73. The molecule has 0 saturated carbocycles. The quantitative estimate of drug-likeness (QED) is 0.168. The van der Waals surface area contributed by atoms with Crippen LogP contribution in [0.2, 0.25) is 0 Å². The summed E-state index contributed by atoms with van der Waals surface area (Å²) in [5.74, 6) is 1.88. The lowest BCUT2D eigenvalue weighted by Gasteiger charge is -2.22. The molecular weight excluding hydrogens is 743 g/mol. The van der Waals surface area contributed by atoms with E-state index in [9.17, 15) is 0 Å². The van der Waals surface area contributed by atoms with Gasteiger partial charge in [-0.3, -0.25) is 0 Å². The van der Waals surface area contributed by atoms with Crippen LogP contribution in [0, 0.1) is 0 Å². The van der Waals surface area contributed by atoms with Crippen molar-refractivity contribution in [3.05, 3.63) is 186 Å². The minimum Gasteiger partial charge on any atom is -0.455 e. The largest absolute Gasteiger partial charge is 0.455 e. The van der Waals surface area contributed by atoms with Crippen LogP contribution in [0.3, 0.4) is 0 Å². The maximum absolute atomic E-state index is 6.88. The van der Waals surface area contributed by atoms with Crippen LogP contribution < -0.4 is 0 Å². The fourth-order valence-electron chi connectivity index (χ4n) is 10.8. The highest BCUT2D eigenvalue weighted by atomic mass is 16.3. The van der Waals surface area contributed by atoms with E-state index in [1.165, 1.54) is 60.5 Å². The number of para-hydroxylation sites is 1. The number of rotatable bonds is 3. The van der Waals surface area contributed by atoms with E-state index in [-0.39, 0.29) is 10.8 Å². The normalized spacial score (nSPS) is 14.5. The van der Waals surface area contributed by atoms with Gasteiger partial charge in [-0.2, -0.15) is 0 Å². The molecule has 13 rings (SSSR count). The monoisotopic (exact) mass is 781 g/mol. The maximum atomic E-state index is 6.88. The van der Waals surface area contributed by atoms with Gasteiger partial charge >= 0.3 is 0 Å². The zero-order chi connectivity index (χ0) is 40.8. The van der Waals surface area contributed by atoms with Crippen molar-refractivity contribution in [3.8, 4) is 56.4 Å². The van der Waals surface area contributed by atoms with E-state index in [2.05, 4.69) is 185 Å². The van der Waals surface area contributed by atoms with E-state index in [0.717, 1.165) is 55.0 Å². The summed E-state index contributed by atoms with van der Waals surface area (Å²) in [6.07, 6.45) is 0. The van der Waals surface area contributed by atoms with Crippen molar-refractivity contribution in [1.82, 2.24) is 15.0 Å². The van der Waals surface area contributed by atoms with Crippen molar-refractivity contribution in [2.24, 2.45) is 0 Å². The van der Waals surface area contributed by atoms with Gasteiger partial charge in [0.2, 0.25) is 0 Å². The van der Waals surface area contributed by atoms with Gasteiger partial charge in [-0.1, -0.05) is 161 Å². The van der Waals surface area contributed by atoms with Crippen LogP contribution in [0.1, 0.15) is 49.9 Å². The summed E-state index contributed by atoms with van der Waals surface area (Å²) in [6, 6.07) is 59.1. The minimum absolute atomic E-state index is 0.0719.